The van der Waals surface area contributed by atoms with Crippen LogP contribution in [0.5, 0.6) is 11.8 Å². The van der Waals surface area contributed by atoms with Crippen molar-refractivity contribution < 1.29 is 4.74 Å². The van der Waals surface area contributed by atoms with Gasteiger partial charge in [0.15, 0.2) is 11.2 Å². The molecule has 10 heteroatoms. The highest BCUT2D eigenvalue weighted by Gasteiger charge is 2.21. The summed E-state index contributed by atoms with van der Waals surface area (Å²) in [5.74, 6) is 0.416. The summed E-state index contributed by atoms with van der Waals surface area (Å²) in [4.78, 5) is 29.7. The average molecular weight is 456 g/mol. The van der Waals surface area contributed by atoms with E-state index in [1.165, 1.54) is 18.7 Å². The standard InChI is InChI=1S/C21H15Cl2N5O3/c1-26-18-17(19(29)27(2)21(26)30)28(11-13-5-6-14(22)9-16(13)23)20(25-18)31-15-7-3-12(10-24)4-8-15/h3-9H,11H2,1-2H3. The SMILES string of the molecule is Cn1c(=O)c2c(nc(Oc3ccc(C#N)cc3)n2Cc2ccc(Cl)cc2Cl)n(C)c1=O. The maximum atomic E-state index is 12.9. The number of nitriles is 1. The number of benzene rings is 2. The van der Waals surface area contributed by atoms with Gasteiger partial charge in [-0.2, -0.15) is 10.2 Å². The Hall–Kier alpha value is -3.54. The first kappa shape index (κ1) is 20.7. The van der Waals surface area contributed by atoms with Gasteiger partial charge in [0.05, 0.1) is 18.2 Å². The van der Waals surface area contributed by atoms with E-state index in [2.05, 4.69) is 4.98 Å². The molecule has 0 aliphatic carbocycles. The lowest BCUT2D eigenvalue weighted by atomic mass is 10.2. The summed E-state index contributed by atoms with van der Waals surface area (Å²) < 4.78 is 9.78. The third-order valence-corrected chi connectivity index (χ3v) is 5.44. The van der Waals surface area contributed by atoms with Gasteiger partial charge in [0.25, 0.3) is 5.56 Å². The molecule has 156 valence electrons. The minimum atomic E-state index is -0.509. The van der Waals surface area contributed by atoms with E-state index in [4.69, 9.17) is 33.2 Å². The molecule has 0 radical (unpaired) electrons. The molecule has 0 saturated heterocycles. The molecule has 0 aliphatic heterocycles. The second kappa shape index (κ2) is 7.95. The molecule has 0 N–H and O–H groups in total. The zero-order chi connectivity index (χ0) is 22.3. The van der Waals surface area contributed by atoms with Gasteiger partial charge < -0.3 is 4.74 Å². The molecule has 0 fully saturated rings. The number of rotatable bonds is 4. The van der Waals surface area contributed by atoms with Crippen molar-refractivity contribution in [3.63, 3.8) is 0 Å². The summed E-state index contributed by atoms with van der Waals surface area (Å²) in [6.07, 6.45) is 0. The van der Waals surface area contributed by atoms with Gasteiger partial charge >= 0.3 is 11.7 Å². The number of aromatic nitrogens is 4. The van der Waals surface area contributed by atoms with Gasteiger partial charge in [-0.05, 0) is 42.0 Å². The topological polar surface area (TPSA) is 94.8 Å². The van der Waals surface area contributed by atoms with Gasteiger partial charge in [-0.1, -0.05) is 29.3 Å². The number of halogens is 2. The monoisotopic (exact) mass is 455 g/mol. The Kier molecular flexibility index (Phi) is 5.31. The fourth-order valence-corrected chi connectivity index (χ4v) is 3.64. The van der Waals surface area contributed by atoms with Gasteiger partial charge in [0.1, 0.15) is 5.75 Å². The first-order chi connectivity index (χ1) is 14.8. The van der Waals surface area contributed by atoms with E-state index in [1.54, 1.807) is 47.0 Å². The van der Waals surface area contributed by atoms with E-state index in [9.17, 15) is 9.59 Å². The number of nitrogens with zero attached hydrogens (tertiary/aromatic N) is 5. The number of fused-ring (bicyclic) bond motifs is 1. The van der Waals surface area contributed by atoms with E-state index < -0.39 is 11.2 Å². The van der Waals surface area contributed by atoms with Gasteiger partial charge in [-0.25, -0.2) is 4.79 Å². The second-order valence-electron chi connectivity index (χ2n) is 6.83. The van der Waals surface area contributed by atoms with Gasteiger partial charge in [0, 0.05) is 24.1 Å². The fourth-order valence-electron chi connectivity index (χ4n) is 3.17. The summed E-state index contributed by atoms with van der Waals surface area (Å²) >= 11 is 12.3. The van der Waals surface area contributed by atoms with Gasteiger partial charge in [-0.15, -0.1) is 0 Å². The predicted molar refractivity (Wildman–Crippen MR) is 117 cm³/mol. The Balaban J connectivity index is 1.93. The minimum absolute atomic E-state index is 0.101. The van der Waals surface area contributed by atoms with Crippen molar-refractivity contribution in [3.8, 4) is 17.8 Å². The molecule has 0 aliphatic rings. The first-order valence-corrected chi connectivity index (χ1v) is 9.84. The second-order valence-corrected chi connectivity index (χ2v) is 7.68. The summed E-state index contributed by atoms with van der Waals surface area (Å²) in [6.45, 7) is 0.158. The molecule has 0 bridgehead atoms. The quantitative estimate of drug-likeness (QED) is 0.469. The third-order valence-electron chi connectivity index (χ3n) is 4.85. The summed E-state index contributed by atoms with van der Waals surface area (Å²) in [5.41, 5.74) is 0.527. The largest absolute Gasteiger partial charge is 0.425 e. The Morgan fingerprint density at radius 1 is 1.06 bits per heavy atom. The zero-order valence-corrected chi connectivity index (χ0v) is 18.0. The van der Waals surface area contributed by atoms with Crippen LogP contribution in [0.4, 0.5) is 0 Å². The third kappa shape index (κ3) is 3.69. The number of imidazole rings is 1. The molecule has 2 aromatic carbocycles. The van der Waals surface area contributed by atoms with Crippen LogP contribution in [0.3, 0.4) is 0 Å². The van der Waals surface area contributed by atoms with Crippen molar-refractivity contribution >= 4 is 34.4 Å². The van der Waals surface area contributed by atoms with Crippen LogP contribution in [-0.4, -0.2) is 18.7 Å². The Labute approximate surface area is 186 Å². The first-order valence-electron chi connectivity index (χ1n) is 9.08. The molecule has 0 saturated carbocycles. The lowest BCUT2D eigenvalue weighted by molar-refractivity contribution is 0.421. The Morgan fingerprint density at radius 2 is 1.77 bits per heavy atom. The molecule has 2 aromatic heterocycles. The molecular formula is C21H15Cl2N5O3. The maximum absolute atomic E-state index is 12.9. The highest BCUT2D eigenvalue weighted by Crippen LogP contribution is 2.28. The minimum Gasteiger partial charge on any atom is -0.425 e. The number of hydrogen-bond donors (Lipinski definition) is 0. The lowest BCUT2D eigenvalue weighted by Crippen LogP contribution is -2.37. The number of ether oxygens (including phenoxy) is 1. The van der Waals surface area contributed by atoms with E-state index in [1.807, 2.05) is 6.07 Å². The molecule has 4 aromatic rings. The maximum Gasteiger partial charge on any atom is 0.332 e. The van der Waals surface area contributed by atoms with Crippen LogP contribution in [-0.2, 0) is 20.6 Å². The van der Waals surface area contributed by atoms with Crippen molar-refractivity contribution in [2.75, 3.05) is 0 Å². The van der Waals surface area contributed by atoms with Crippen molar-refractivity contribution in [2.24, 2.45) is 14.1 Å². The van der Waals surface area contributed by atoms with Crippen LogP contribution in [0.1, 0.15) is 11.1 Å². The van der Waals surface area contributed by atoms with Crippen molar-refractivity contribution in [3.05, 3.63) is 84.5 Å². The van der Waals surface area contributed by atoms with E-state index in [0.29, 0.717) is 26.9 Å². The molecule has 4 rings (SSSR count). The average Bonchev–Trinajstić information content (AvgIpc) is 3.11. The summed E-state index contributed by atoms with van der Waals surface area (Å²) in [7, 11) is 2.93. The Bertz CT molecular complexity index is 1480. The molecule has 0 unspecified atom stereocenters. The molecule has 8 nitrogen and oxygen atoms in total. The van der Waals surface area contributed by atoms with Crippen molar-refractivity contribution in [1.82, 2.24) is 18.7 Å². The molecule has 31 heavy (non-hydrogen) atoms. The van der Waals surface area contributed by atoms with Crippen molar-refractivity contribution in [1.29, 1.82) is 5.26 Å². The highest BCUT2D eigenvalue weighted by molar-refractivity contribution is 6.35. The van der Waals surface area contributed by atoms with Gasteiger partial charge in [0.2, 0.25) is 0 Å². The van der Waals surface area contributed by atoms with E-state index in [0.717, 1.165) is 4.57 Å². The smallest absolute Gasteiger partial charge is 0.332 e. The summed E-state index contributed by atoms with van der Waals surface area (Å²) in [6, 6.07) is 13.6. The normalized spacial score (nSPS) is 10.9. The van der Waals surface area contributed by atoms with Crippen LogP contribution in [0.25, 0.3) is 11.2 Å². The summed E-state index contributed by atoms with van der Waals surface area (Å²) in [5, 5.41) is 9.88. The van der Waals surface area contributed by atoms with E-state index >= 15 is 0 Å². The lowest BCUT2D eigenvalue weighted by Gasteiger charge is -2.11. The van der Waals surface area contributed by atoms with Crippen molar-refractivity contribution in [2.45, 2.75) is 6.54 Å². The number of hydrogen-bond acceptors (Lipinski definition) is 5. The van der Waals surface area contributed by atoms with E-state index in [-0.39, 0.29) is 23.7 Å². The van der Waals surface area contributed by atoms with Gasteiger partial charge in [-0.3, -0.25) is 18.5 Å². The van der Waals surface area contributed by atoms with Crippen LogP contribution in [0.2, 0.25) is 10.0 Å². The Morgan fingerprint density at radius 3 is 2.42 bits per heavy atom. The van der Waals surface area contributed by atoms with Crippen LogP contribution in [0.15, 0.2) is 52.1 Å². The highest BCUT2D eigenvalue weighted by atomic mass is 35.5. The fraction of sp³-hybridized carbons (Fsp3) is 0.143. The zero-order valence-electron chi connectivity index (χ0n) is 16.5. The molecule has 2 heterocycles. The van der Waals surface area contributed by atoms with Crippen LogP contribution in [0, 0.1) is 11.3 Å². The molecule has 0 amide bonds. The molecule has 0 spiro atoms. The molecular weight excluding hydrogens is 441 g/mol. The number of aryl methyl sites for hydroxylation is 1. The van der Waals surface area contributed by atoms with Crippen LogP contribution < -0.4 is 16.0 Å². The van der Waals surface area contributed by atoms with Crippen LogP contribution >= 0.6 is 23.2 Å². The molecule has 0 atom stereocenters. The predicted octanol–water partition coefficient (Wildman–Crippen LogP) is 3.45.